The number of anilines is 1. The van der Waals surface area contributed by atoms with Crippen molar-refractivity contribution >= 4 is 33.8 Å². The number of amides is 1. The first-order valence-electron chi connectivity index (χ1n) is 13.0. The fourth-order valence-electron chi connectivity index (χ4n) is 5.85. The third-order valence-electron chi connectivity index (χ3n) is 8.19. The van der Waals surface area contributed by atoms with Crippen LogP contribution >= 0.6 is 11.3 Å². The van der Waals surface area contributed by atoms with Gasteiger partial charge < -0.3 is 20.1 Å². The van der Waals surface area contributed by atoms with Crippen molar-refractivity contribution in [3.63, 3.8) is 0 Å². The van der Waals surface area contributed by atoms with Crippen LogP contribution in [0.25, 0.3) is 21.6 Å². The van der Waals surface area contributed by atoms with E-state index >= 15 is 0 Å². The van der Waals surface area contributed by atoms with Crippen LogP contribution in [0.15, 0.2) is 29.6 Å². The van der Waals surface area contributed by atoms with E-state index in [4.69, 9.17) is 0 Å². The number of halogens is 3. The molecule has 2 aliphatic carbocycles. The zero-order chi connectivity index (χ0) is 25.8. The molecule has 198 valence electrons. The molecular weight excluding hydrogens is 499 g/mol. The maximum atomic E-state index is 13.6. The van der Waals surface area contributed by atoms with Crippen LogP contribution in [0.5, 0.6) is 0 Å². The van der Waals surface area contributed by atoms with Crippen molar-refractivity contribution < 1.29 is 18.0 Å². The van der Waals surface area contributed by atoms with E-state index < -0.39 is 12.7 Å². The van der Waals surface area contributed by atoms with E-state index in [2.05, 4.69) is 27.6 Å². The van der Waals surface area contributed by atoms with Crippen molar-refractivity contribution in [2.45, 2.75) is 51.4 Å². The van der Waals surface area contributed by atoms with Crippen LogP contribution in [0.2, 0.25) is 0 Å². The number of benzene rings is 1. The summed E-state index contributed by atoms with van der Waals surface area (Å²) in [7, 11) is 2.18. The molecule has 2 N–H and O–H groups in total. The van der Waals surface area contributed by atoms with Crippen molar-refractivity contribution in [3.05, 3.63) is 35.3 Å². The Balaban J connectivity index is 1.27. The summed E-state index contributed by atoms with van der Waals surface area (Å²) in [6, 6.07) is 7.36. The number of carbonyl (C=O) groups excluding carboxylic acids is 1. The molecule has 6 rings (SSSR count). The van der Waals surface area contributed by atoms with Crippen LogP contribution in [-0.4, -0.2) is 53.2 Å². The molecule has 3 aromatic rings. The van der Waals surface area contributed by atoms with Crippen molar-refractivity contribution in [3.8, 4) is 10.7 Å². The van der Waals surface area contributed by atoms with Crippen molar-refractivity contribution in [2.24, 2.45) is 17.3 Å². The van der Waals surface area contributed by atoms with Gasteiger partial charge in [0, 0.05) is 35.5 Å². The van der Waals surface area contributed by atoms with Crippen LogP contribution in [0.3, 0.4) is 0 Å². The molecule has 6 nitrogen and oxygen atoms in total. The number of thiazole rings is 1. The number of nitrogens with one attached hydrogen (secondary N) is 2. The molecule has 2 aromatic heterocycles. The number of hydrogen-bond acceptors (Lipinski definition) is 5. The minimum absolute atomic E-state index is 0.0223. The Morgan fingerprint density at radius 2 is 2.05 bits per heavy atom. The molecule has 1 saturated heterocycles. The second kappa shape index (κ2) is 9.31. The summed E-state index contributed by atoms with van der Waals surface area (Å²) in [4.78, 5) is 19.0. The molecule has 2 saturated carbocycles. The molecule has 0 unspecified atom stereocenters. The lowest BCUT2D eigenvalue weighted by atomic mass is 9.82. The molecule has 1 spiro atoms. The van der Waals surface area contributed by atoms with Crippen LogP contribution in [0.4, 0.5) is 18.9 Å². The van der Waals surface area contributed by atoms with Gasteiger partial charge in [-0.2, -0.15) is 13.2 Å². The highest BCUT2D eigenvalue weighted by atomic mass is 32.1. The molecule has 0 bridgehead atoms. The van der Waals surface area contributed by atoms with Gasteiger partial charge in [-0.05, 0) is 75.2 Å². The van der Waals surface area contributed by atoms with Gasteiger partial charge >= 0.3 is 6.18 Å². The van der Waals surface area contributed by atoms with Crippen LogP contribution in [0.1, 0.15) is 37.8 Å². The van der Waals surface area contributed by atoms with Crippen molar-refractivity contribution in [2.75, 3.05) is 32.0 Å². The normalized spacial score (nSPS) is 21.5. The monoisotopic (exact) mass is 531 g/mol. The maximum Gasteiger partial charge on any atom is 0.406 e. The van der Waals surface area contributed by atoms with Gasteiger partial charge in [0.15, 0.2) is 0 Å². The van der Waals surface area contributed by atoms with Crippen molar-refractivity contribution in [1.82, 2.24) is 19.8 Å². The molecule has 3 heterocycles. The molecule has 0 radical (unpaired) electrons. The Hall–Kier alpha value is -2.59. The lowest BCUT2D eigenvalue weighted by molar-refractivity contribution is -0.139. The minimum atomic E-state index is -4.37. The fraction of sp³-hybridized carbons (Fsp3) is 0.556. The number of likely N-dealkylation sites (tertiary alicyclic amines) is 1. The second-order valence-corrected chi connectivity index (χ2v) is 11.9. The number of hydrogen-bond donors (Lipinski definition) is 2. The van der Waals surface area contributed by atoms with Crippen molar-refractivity contribution in [1.29, 1.82) is 0 Å². The first-order chi connectivity index (χ1) is 17.7. The first-order valence-corrected chi connectivity index (χ1v) is 13.9. The van der Waals surface area contributed by atoms with Gasteiger partial charge in [0.1, 0.15) is 11.6 Å². The number of carbonyl (C=O) groups is 1. The third-order valence-corrected chi connectivity index (χ3v) is 9.10. The van der Waals surface area contributed by atoms with Gasteiger partial charge in [0.25, 0.3) is 0 Å². The molecular formula is C27H32F3N5OS. The number of aromatic nitrogens is 2. The van der Waals surface area contributed by atoms with Gasteiger partial charge in [0.2, 0.25) is 5.91 Å². The number of piperidine rings is 1. The molecule has 1 aliphatic heterocycles. The van der Waals surface area contributed by atoms with E-state index in [1.807, 2.05) is 23.6 Å². The van der Waals surface area contributed by atoms with E-state index in [9.17, 15) is 18.0 Å². The van der Waals surface area contributed by atoms with Gasteiger partial charge in [-0.3, -0.25) is 4.79 Å². The summed E-state index contributed by atoms with van der Waals surface area (Å²) in [5.41, 5.74) is 2.91. The average Bonchev–Trinajstić information content (AvgIpc) is 3.76. The Kier molecular flexibility index (Phi) is 6.22. The summed E-state index contributed by atoms with van der Waals surface area (Å²) >= 11 is 1.31. The molecule has 3 aliphatic rings. The van der Waals surface area contributed by atoms with E-state index in [1.54, 1.807) is 6.07 Å². The zero-order valence-electron chi connectivity index (χ0n) is 20.9. The lowest BCUT2D eigenvalue weighted by Crippen LogP contribution is -2.42. The smallest absolute Gasteiger partial charge is 0.384 e. The topological polar surface area (TPSA) is 62.2 Å². The SMILES string of the molecule is CN1CC[C@@H](CNc2cccc3c2cc(-c2nc(CNC(=O)C4CC4)cs2)n3CC(F)(F)F)C2(CC2)C1. The first kappa shape index (κ1) is 24.7. The standard InChI is InChI=1S/C27H32F3N5OS/c1-34-10-7-18(26(15-34)8-9-26)12-31-21-3-2-4-22-20(21)11-23(35(22)16-27(28,29)30)25-33-19(14-37-25)13-32-24(36)17-5-6-17/h2-4,11,14,17-18,31H,5-10,12-13,15-16H2,1H3,(H,32,36)/t18-/m0/s1. The minimum Gasteiger partial charge on any atom is -0.384 e. The second-order valence-electron chi connectivity index (χ2n) is 11.1. The van der Waals surface area contributed by atoms with E-state index in [-0.39, 0.29) is 18.4 Å². The largest absolute Gasteiger partial charge is 0.406 e. The Labute approximate surface area is 218 Å². The third kappa shape index (κ3) is 5.23. The van der Waals surface area contributed by atoms with Gasteiger partial charge in [0.05, 0.1) is 23.4 Å². The highest BCUT2D eigenvalue weighted by Gasteiger charge is 2.51. The molecule has 1 aromatic carbocycles. The Bertz CT molecular complexity index is 1310. The summed E-state index contributed by atoms with van der Waals surface area (Å²) in [6.45, 7) is 2.24. The molecule has 1 amide bonds. The fourth-order valence-corrected chi connectivity index (χ4v) is 6.69. The highest BCUT2D eigenvalue weighted by Crippen LogP contribution is 2.55. The summed E-state index contributed by atoms with van der Waals surface area (Å²) in [5.74, 6) is 0.694. The van der Waals surface area contributed by atoms with Crippen LogP contribution < -0.4 is 10.6 Å². The molecule has 10 heteroatoms. The van der Waals surface area contributed by atoms with Gasteiger partial charge in [-0.1, -0.05) is 6.07 Å². The average molecular weight is 532 g/mol. The Morgan fingerprint density at radius 3 is 2.78 bits per heavy atom. The number of alkyl halides is 3. The number of fused-ring (bicyclic) bond motifs is 1. The highest BCUT2D eigenvalue weighted by molar-refractivity contribution is 7.13. The van der Waals surface area contributed by atoms with Crippen LogP contribution in [0, 0.1) is 17.3 Å². The van der Waals surface area contributed by atoms with E-state index in [0.717, 1.165) is 50.0 Å². The quantitative estimate of drug-likeness (QED) is 0.403. The van der Waals surface area contributed by atoms with E-state index in [0.29, 0.717) is 33.2 Å². The molecule has 37 heavy (non-hydrogen) atoms. The summed E-state index contributed by atoms with van der Waals surface area (Å²) in [5, 5.41) is 9.59. The lowest BCUT2D eigenvalue weighted by Gasteiger charge is -2.37. The maximum absolute atomic E-state index is 13.6. The molecule has 1 atom stereocenters. The van der Waals surface area contributed by atoms with Gasteiger partial charge in [-0.25, -0.2) is 4.98 Å². The predicted octanol–water partition coefficient (Wildman–Crippen LogP) is 5.50. The molecule has 3 fully saturated rings. The predicted molar refractivity (Wildman–Crippen MR) is 139 cm³/mol. The van der Waals surface area contributed by atoms with E-state index in [1.165, 1.54) is 28.7 Å². The summed E-state index contributed by atoms with van der Waals surface area (Å²) < 4.78 is 42.3. The number of rotatable bonds is 8. The van der Waals surface area contributed by atoms with Gasteiger partial charge in [-0.15, -0.1) is 11.3 Å². The Morgan fingerprint density at radius 1 is 1.24 bits per heavy atom. The van der Waals surface area contributed by atoms with Crippen LogP contribution in [-0.2, 0) is 17.9 Å². The number of nitrogens with zero attached hydrogens (tertiary/aromatic N) is 3. The zero-order valence-corrected chi connectivity index (χ0v) is 21.7. The summed E-state index contributed by atoms with van der Waals surface area (Å²) in [6.07, 6.45) is 1.12.